The van der Waals surface area contributed by atoms with Crippen LogP contribution in [0.1, 0.15) is 51.3 Å². The predicted octanol–water partition coefficient (Wildman–Crippen LogP) is 5.79. The highest BCUT2D eigenvalue weighted by molar-refractivity contribution is 9.10. The number of rotatable bonds is 6. The number of amides is 1. The largest absolute Gasteiger partial charge is 0.507 e. The number of esters is 1. The maximum atomic E-state index is 14.8. The highest BCUT2D eigenvalue weighted by Gasteiger charge is 2.26. The first kappa shape index (κ1) is 24.7. The van der Waals surface area contributed by atoms with E-state index in [-0.39, 0.29) is 24.3 Å². The number of phenols is 1. The second kappa shape index (κ2) is 10.1. The minimum absolute atomic E-state index is 0.0199. The van der Waals surface area contributed by atoms with Gasteiger partial charge in [0.2, 0.25) is 0 Å². The van der Waals surface area contributed by atoms with Crippen LogP contribution in [0.5, 0.6) is 5.75 Å². The Kier molecular flexibility index (Phi) is 8.06. The molecule has 0 saturated heterocycles. The van der Waals surface area contributed by atoms with E-state index in [1.165, 1.54) is 18.2 Å². The number of carbonyl (C=O) groups is 2. The maximum Gasteiger partial charge on any atom is 0.408 e. The molecule has 2 aromatic rings. The summed E-state index contributed by atoms with van der Waals surface area (Å²) >= 11 is 3.33. The number of alkyl carbamates (subject to hydrolysis) is 1. The molecule has 8 heteroatoms. The Bertz CT molecular complexity index is 948. The fraction of sp³-hybridized carbons (Fsp3) is 0.391. The Labute approximate surface area is 189 Å². The zero-order chi connectivity index (χ0) is 23.3. The van der Waals surface area contributed by atoms with Crippen molar-refractivity contribution in [3.05, 3.63) is 51.7 Å². The van der Waals surface area contributed by atoms with Crippen LogP contribution in [0.2, 0.25) is 0 Å². The van der Waals surface area contributed by atoms with Crippen LogP contribution in [-0.2, 0) is 14.3 Å². The van der Waals surface area contributed by atoms with Crippen molar-refractivity contribution in [2.24, 2.45) is 0 Å². The van der Waals surface area contributed by atoms with Crippen molar-refractivity contribution >= 4 is 28.0 Å². The van der Waals surface area contributed by atoms with Crippen molar-refractivity contribution < 1.29 is 28.6 Å². The molecule has 2 aromatic carbocycles. The highest BCUT2D eigenvalue weighted by atomic mass is 79.9. The lowest BCUT2D eigenvalue weighted by Crippen LogP contribution is -2.36. The molecule has 31 heavy (non-hydrogen) atoms. The summed E-state index contributed by atoms with van der Waals surface area (Å²) in [5.41, 5.74) is 1.15. The third-order valence-corrected chi connectivity index (χ3v) is 4.76. The van der Waals surface area contributed by atoms with Gasteiger partial charge in [0, 0.05) is 15.6 Å². The summed E-state index contributed by atoms with van der Waals surface area (Å²) in [5.74, 6) is -1.18. The number of aryl methyl sites for hydroxylation is 1. The number of hydrogen-bond acceptors (Lipinski definition) is 5. The van der Waals surface area contributed by atoms with Gasteiger partial charge in [0.25, 0.3) is 0 Å². The number of hydrogen-bond donors (Lipinski definition) is 2. The fourth-order valence-corrected chi connectivity index (χ4v) is 3.70. The summed E-state index contributed by atoms with van der Waals surface area (Å²) < 4.78 is 25.8. The van der Waals surface area contributed by atoms with E-state index in [9.17, 15) is 19.1 Å². The van der Waals surface area contributed by atoms with Crippen molar-refractivity contribution in [1.29, 1.82) is 0 Å². The third kappa shape index (κ3) is 6.95. The van der Waals surface area contributed by atoms with E-state index >= 15 is 0 Å². The first-order chi connectivity index (χ1) is 14.4. The van der Waals surface area contributed by atoms with Crippen LogP contribution in [-0.4, -0.2) is 29.4 Å². The van der Waals surface area contributed by atoms with Gasteiger partial charge >= 0.3 is 12.1 Å². The lowest BCUT2D eigenvalue weighted by molar-refractivity contribution is -0.143. The van der Waals surface area contributed by atoms with Crippen LogP contribution in [0, 0.1) is 12.7 Å². The van der Waals surface area contributed by atoms with Crippen LogP contribution >= 0.6 is 15.9 Å². The van der Waals surface area contributed by atoms with Gasteiger partial charge in [-0.3, -0.25) is 4.79 Å². The smallest absolute Gasteiger partial charge is 0.408 e. The molecule has 0 unspecified atom stereocenters. The number of ether oxygens (including phenoxy) is 2. The van der Waals surface area contributed by atoms with E-state index in [0.29, 0.717) is 15.6 Å². The minimum Gasteiger partial charge on any atom is -0.507 e. The molecule has 0 spiro atoms. The average Bonchev–Trinajstić information content (AvgIpc) is 2.60. The molecule has 0 fully saturated rings. The van der Waals surface area contributed by atoms with E-state index in [1.54, 1.807) is 33.8 Å². The molecule has 6 nitrogen and oxygen atoms in total. The number of phenolic OH excluding ortho intramolecular Hbond substituents is 1. The Morgan fingerprint density at radius 2 is 1.90 bits per heavy atom. The monoisotopic (exact) mass is 495 g/mol. The molecule has 1 atom stereocenters. The summed E-state index contributed by atoms with van der Waals surface area (Å²) in [4.78, 5) is 24.5. The number of aromatic hydroxyl groups is 1. The van der Waals surface area contributed by atoms with Crippen molar-refractivity contribution in [3.63, 3.8) is 0 Å². The Hall–Kier alpha value is -2.61. The second-order valence-electron chi connectivity index (χ2n) is 8.06. The molecule has 0 aliphatic rings. The van der Waals surface area contributed by atoms with E-state index < -0.39 is 29.5 Å². The summed E-state index contributed by atoms with van der Waals surface area (Å²) in [6.45, 7) is 8.74. The summed E-state index contributed by atoms with van der Waals surface area (Å²) in [6.07, 6.45) is -1.06. The van der Waals surface area contributed by atoms with Gasteiger partial charge in [-0.2, -0.15) is 0 Å². The molecule has 1 amide bonds. The molecule has 0 aliphatic carbocycles. The maximum absolute atomic E-state index is 14.8. The van der Waals surface area contributed by atoms with Gasteiger partial charge in [0.1, 0.15) is 17.2 Å². The minimum atomic E-state index is -1.02. The number of halogens is 2. The molecular weight excluding hydrogens is 469 g/mol. The van der Waals surface area contributed by atoms with E-state index in [2.05, 4.69) is 21.2 Å². The van der Waals surface area contributed by atoms with Crippen LogP contribution in [0.25, 0.3) is 11.1 Å². The van der Waals surface area contributed by atoms with Crippen molar-refractivity contribution in [3.8, 4) is 16.9 Å². The zero-order valence-corrected chi connectivity index (χ0v) is 19.8. The molecule has 0 saturated carbocycles. The topological polar surface area (TPSA) is 84.9 Å². The summed E-state index contributed by atoms with van der Waals surface area (Å²) in [5, 5.41) is 13.0. The molecule has 0 heterocycles. The van der Waals surface area contributed by atoms with Crippen LogP contribution < -0.4 is 5.32 Å². The summed E-state index contributed by atoms with van der Waals surface area (Å²) in [7, 11) is 0. The Morgan fingerprint density at radius 3 is 2.48 bits per heavy atom. The Balaban J connectivity index is 2.48. The van der Waals surface area contributed by atoms with Gasteiger partial charge in [-0.15, -0.1) is 0 Å². The van der Waals surface area contributed by atoms with Gasteiger partial charge < -0.3 is 19.9 Å². The second-order valence-corrected chi connectivity index (χ2v) is 8.98. The standard InChI is InChI=1S/C23H27BrFNO5/c1-6-30-20(28)12-18(26-22(29)31-23(3,4)5)16-10-14(7-8-17(16)25)21-13(2)9-15(24)11-19(21)27/h7-11,18,27H,6,12H2,1-5H3,(H,26,29)/t18-/m0/s1. The number of nitrogens with one attached hydrogen (secondary N) is 1. The van der Waals surface area contributed by atoms with Crippen LogP contribution in [0.4, 0.5) is 9.18 Å². The first-order valence-electron chi connectivity index (χ1n) is 9.85. The molecule has 0 aliphatic heterocycles. The third-order valence-electron chi connectivity index (χ3n) is 4.31. The molecule has 2 rings (SSSR count). The average molecular weight is 496 g/mol. The summed E-state index contributed by atoms with van der Waals surface area (Å²) in [6, 6.07) is 6.62. The normalized spacial score (nSPS) is 12.2. The molecule has 0 aromatic heterocycles. The SMILES string of the molecule is CCOC(=O)C[C@H](NC(=O)OC(C)(C)C)c1cc(-c2c(C)cc(Br)cc2O)ccc1F. The molecule has 0 bridgehead atoms. The molecule has 2 N–H and O–H groups in total. The lowest BCUT2D eigenvalue weighted by Gasteiger charge is -2.24. The predicted molar refractivity (Wildman–Crippen MR) is 119 cm³/mol. The van der Waals surface area contributed by atoms with Gasteiger partial charge in [0.15, 0.2) is 0 Å². The van der Waals surface area contributed by atoms with Gasteiger partial charge in [-0.05, 0) is 70.0 Å². The van der Waals surface area contributed by atoms with E-state index in [4.69, 9.17) is 9.47 Å². The van der Waals surface area contributed by atoms with Crippen molar-refractivity contribution in [1.82, 2.24) is 5.32 Å². The number of carbonyl (C=O) groups excluding carboxylic acids is 2. The Morgan fingerprint density at radius 1 is 1.23 bits per heavy atom. The van der Waals surface area contributed by atoms with Gasteiger partial charge in [-0.25, -0.2) is 9.18 Å². The van der Waals surface area contributed by atoms with Crippen LogP contribution in [0.15, 0.2) is 34.8 Å². The fourth-order valence-electron chi connectivity index (χ4n) is 3.14. The quantitative estimate of drug-likeness (QED) is 0.495. The molecule has 0 radical (unpaired) electrons. The van der Waals surface area contributed by atoms with Gasteiger partial charge in [-0.1, -0.05) is 22.0 Å². The molecular formula is C23H27BrFNO5. The molecule has 168 valence electrons. The van der Waals surface area contributed by atoms with Crippen molar-refractivity contribution in [2.45, 2.75) is 52.7 Å². The zero-order valence-electron chi connectivity index (χ0n) is 18.2. The van der Waals surface area contributed by atoms with Crippen molar-refractivity contribution in [2.75, 3.05) is 6.61 Å². The first-order valence-corrected chi connectivity index (χ1v) is 10.6. The van der Waals surface area contributed by atoms with E-state index in [0.717, 1.165) is 5.56 Å². The highest BCUT2D eigenvalue weighted by Crippen LogP contribution is 2.37. The number of benzene rings is 2. The van der Waals surface area contributed by atoms with Gasteiger partial charge in [0.05, 0.1) is 19.1 Å². The van der Waals surface area contributed by atoms with Crippen LogP contribution in [0.3, 0.4) is 0 Å². The van der Waals surface area contributed by atoms with E-state index in [1.807, 2.05) is 13.0 Å². The lowest BCUT2D eigenvalue weighted by atomic mass is 9.94.